The van der Waals surface area contributed by atoms with Gasteiger partial charge in [-0.25, -0.2) is 4.79 Å². The molecule has 1 N–H and O–H groups in total. The zero-order valence-electron chi connectivity index (χ0n) is 10.5. The molecule has 0 aliphatic heterocycles. The smallest absolute Gasteiger partial charge is 0.395 e. The fraction of sp³-hybridized carbons (Fsp3) is 0.333. The summed E-state index contributed by atoms with van der Waals surface area (Å²) in [7, 11) is 0. The van der Waals surface area contributed by atoms with Gasteiger partial charge in [-0.2, -0.15) is 8.78 Å². The highest BCUT2D eigenvalue weighted by atomic mass is 79.9. The molecule has 0 unspecified atom stereocenters. The number of halogens is 3. The van der Waals surface area contributed by atoms with E-state index in [1.165, 1.54) is 6.92 Å². The van der Waals surface area contributed by atoms with Gasteiger partial charge in [-0.15, -0.1) is 0 Å². The first-order chi connectivity index (χ1) is 8.71. The standard InChI is InChI=1S/C6H6.C4H5BrF2O2.C2H4O2/c1-2-4-6-5-3-1;1-2-9-3(8)4(5,6)7;1-2(3)4/h1-6H;2H2,1H3;1H3,(H,3,4). The van der Waals surface area contributed by atoms with E-state index < -0.39 is 16.8 Å². The van der Waals surface area contributed by atoms with Crippen molar-refractivity contribution in [1.82, 2.24) is 0 Å². The Labute approximate surface area is 118 Å². The molecule has 0 bridgehead atoms. The average molecular weight is 341 g/mol. The Hall–Kier alpha value is -1.50. The van der Waals surface area contributed by atoms with Gasteiger partial charge in [0.25, 0.3) is 5.97 Å². The van der Waals surface area contributed by atoms with Crippen LogP contribution in [0.2, 0.25) is 0 Å². The Morgan fingerprint density at radius 1 is 1.16 bits per heavy atom. The summed E-state index contributed by atoms with van der Waals surface area (Å²) < 4.78 is 27.5. The van der Waals surface area contributed by atoms with Gasteiger partial charge in [0.05, 0.1) is 6.61 Å². The summed E-state index contributed by atoms with van der Waals surface area (Å²) in [5.41, 5.74) is 0. The second-order valence-electron chi connectivity index (χ2n) is 2.89. The van der Waals surface area contributed by atoms with Crippen molar-refractivity contribution in [2.24, 2.45) is 0 Å². The number of rotatable bonds is 2. The predicted molar refractivity (Wildman–Crippen MR) is 70.3 cm³/mol. The van der Waals surface area contributed by atoms with Crippen LogP contribution in [0.25, 0.3) is 0 Å². The van der Waals surface area contributed by atoms with Crippen molar-refractivity contribution in [1.29, 1.82) is 0 Å². The Bertz CT molecular complexity index is 322. The van der Waals surface area contributed by atoms with Crippen molar-refractivity contribution in [2.75, 3.05) is 6.61 Å². The third kappa shape index (κ3) is 19.0. The molecule has 0 aliphatic rings. The summed E-state index contributed by atoms with van der Waals surface area (Å²) in [6.07, 6.45) is 0. The molecule has 1 aromatic rings. The summed E-state index contributed by atoms with van der Waals surface area (Å²) >= 11 is 1.84. The van der Waals surface area contributed by atoms with Gasteiger partial charge in [-0.05, 0) is 6.92 Å². The molecule has 0 heterocycles. The molecule has 4 nitrogen and oxygen atoms in total. The van der Waals surface area contributed by atoms with Gasteiger partial charge in [-0.1, -0.05) is 36.4 Å². The zero-order valence-corrected chi connectivity index (χ0v) is 12.1. The maximum Gasteiger partial charge on any atom is 0.395 e. The summed E-state index contributed by atoms with van der Waals surface area (Å²) in [6.45, 7) is 2.50. The monoisotopic (exact) mass is 340 g/mol. The maximum atomic E-state index is 11.7. The first kappa shape index (κ1) is 19.8. The molecule has 19 heavy (non-hydrogen) atoms. The molecule has 108 valence electrons. The topological polar surface area (TPSA) is 63.6 Å². The van der Waals surface area contributed by atoms with Crippen LogP contribution in [-0.4, -0.2) is 28.5 Å². The van der Waals surface area contributed by atoms with Crippen molar-refractivity contribution >= 4 is 27.9 Å². The van der Waals surface area contributed by atoms with Crippen LogP contribution in [0.15, 0.2) is 36.4 Å². The molecule has 0 aliphatic carbocycles. The normalized spacial score (nSPS) is 9.11. The SMILES string of the molecule is CC(=O)O.CCOC(=O)C(F)(F)Br.c1ccccc1. The second-order valence-corrected chi connectivity index (χ2v) is 3.89. The Morgan fingerprint density at radius 3 is 1.53 bits per heavy atom. The number of carboxylic acid groups (broad SMARTS) is 1. The van der Waals surface area contributed by atoms with Crippen LogP contribution in [-0.2, 0) is 14.3 Å². The van der Waals surface area contributed by atoms with E-state index in [1.54, 1.807) is 0 Å². The lowest BCUT2D eigenvalue weighted by molar-refractivity contribution is -0.158. The number of carbonyl (C=O) groups excluding carboxylic acids is 1. The zero-order chi connectivity index (χ0) is 15.3. The highest BCUT2D eigenvalue weighted by molar-refractivity contribution is 9.10. The minimum absolute atomic E-state index is 0.0416. The lowest BCUT2D eigenvalue weighted by Crippen LogP contribution is -2.23. The Kier molecular flexibility index (Phi) is 12.1. The first-order valence-electron chi connectivity index (χ1n) is 5.15. The van der Waals surface area contributed by atoms with Gasteiger partial charge >= 0.3 is 10.8 Å². The van der Waals surface area contributed by atoms with E-state index in [2.05, 4.69) is 4.74 Å². The molecule has 0 saturated heterocycles. The van der Waals surface area contributed by atoms with Crippen LogP contribution in [0.4, 0.5) is 8.78 Å². The number of hydrogen-bond acceptors (Lipinski definition) is 3. The minimum Gasteiger partial charge on any atom is -0.481 e. The summed E-state index contributed by atoms with van der Waals surface area (Å²) in [5.74, 6) is -2.38. The van der Waals surface area contributed by atoms with Crippen LogP contribution < -0.4 is 0 Å². The third-order valence-electron chi connectivity index (χ3n) is 1.17. The van der Waals surface area contributed by atoms with Crippen molar-refractivity contribution < 1.29 is 28.2 Å². The number of ether oxygens (including phenoxy) is 1. The van der Waals surface area contributed by atoms with Crippen molar-refractivity contribution in [2.45, 2.75) is 18.7 Å². The fourth-order valence-corrected chi connectivity index (χ4v) is 0.712. The van der Waals surface area contributed by atoms with E-state index in [-0.39, 0.29) is 6.61 Å². The molecular weight excluding hydrogens is 326 g/mol. The quantitative estimate of drug-likeness (QED) is 0.662. The molecule has 0 aromatic heterocycles. The molecule has 0 atom stereocenters. The fourth-order valence-electron chi connectivity index (χ4n) is 0.598. The number of carbonyl (C=O) groups is 2. The average Bonchev–Trinajstić information content (AvgIpc) is 2.30. The first-order valence-corrected chi connectivity index (χ1v) is 5.94. The van der Waals surface area contributed by atoms with E-state index in [9.17, 15) is 13.6 Å². The molecule has 1 rings (SSSR count). The lowest BCUT2D eigenvalue weighted by atomic mass is 10.4. The van der Waals surface area contributed by atoms with E-state index in [1.807, 2.05) is 52.3 Å². The molecule has 1 aromatic carbocycles. The highest BCUT2D eigenvalue weighted by Crippen LogP contribution is 2.22. The molecule has 0 radical (unpaired) electrons. The number of benzene rings is 1. The molecule has 0 saturated carbocycles. The van der Waals surface area contributed by atoms with Crippen molar-refractivity contribution in [3.63, 3.8) is 0 Å². The molecule has 0 spiro atoms. The molecule has 0 fully saturated rings. The van der Waals surface area contributed by atoms with Gasteiger partial charge in [0, 0.05) is 22.9 Å². The number of carboxylic acids is 1. The molecular formula is C12H15BrF2O4. The molecule has 0 amide bonds. The summed E-state index contributed by atoms with van der Waals surface area (Å²) in [6, 6.07) is 12.0. The van der Waals surface area contributed by atoms with Gasteiger partial charge in [-0.3, -0.25) is 4.79 Å². The van der Waals surface area contributed by atoms with E-state index in [0.717, 1.165) is 6.92 Å². The van der Waals surface area contributed by atoms with Gasteiger partial charge in [0.15, 0.2) is 0 Å². The Balaban J connectivity index is 0. The maximum absolute atomic E-state index is 11.7. The summed E-state index contributed by atoms with van der Waals surface area (Å²) in [5, 5.41) is 7.42. The number of alkyl halides is 3. The Morgan fingerprint density at radius 2 is 1.42 bits per heavy atom. The minimum atomic E-state index is -3.54. The highest BCUT2D eigenvalue weighted by Gasteiger charge is 2.36. The van der Waals surface area contributed by atoms with E-state index in [0.29, 0.717) is 0 Å². The van der Waals surface area contributed by atoms with E-state index >= 15 is 0 Å². The van der Waals surface area contributed by atoms with Crippen LogP contribution >= 0.6 is 15.9 Å². The van der Waals surface area contributed by atoms with Crippen LogP contribution in [0.3, 0.4) is 0 Å². The van der Waals surface area contributed by atoms with Crippen LogP contribution in [0, 0.1) is 0 Å². The second kappa shape index (κ2) is 11.6. The van der Waals surface area contributed by atoms with Crippen LogP contribution in [0.1, 0.15) is 13.8 Å². The van der Waals surface area contributed by atoms with Gasteiger partial charge < -0.3 is 9.84 Å². The number of hydrogen-bond donors (Lipinski definition) is 1. The number of aliphatic carboxylic acids is 1. The lowest BCUT2D eigenvalue weighted by Gasteiger charge is -2.05. The molecule has 7 heteroatoms. The number of esters is 1. The summed E-state index contributed by atoms with van der Waals surface area (Å²) in [4.78, 5) is 15.5. The van der Waals surface area contributed by atoms with Gasteiger partial charge in [0.2, 0.25) is 0 Å². The third-order valence-corrected chi connectivity index (χ3v) is 1.50. The van der Waals surface area contributed by atoms with Crippen molar-refractivity contribution in [3.05, 3.63) is 36.4 Å². The van der Waals surface area contributed by atoms with E-state index in [4.69, 9.17) is 9.90 Å². The largest absolute Gasteiger partial charge is 0.481 e. The predicted octanol–water partition coefficient (Wildman–Crippen LogP) is 3.31. The van der Waals surface area contributed by atoms with Crippen LogP contribution in [0.5, 0.6) is 0 Å². The van der Waals surface area contributed by atoms with Gasteiger partial charge in [0.1, 0.15) is 0 Å². The van der Waals surface area contributed by atoms with Crippen molar-refractivity contribution in [3.8, 4) is 0 Å².